The second-order valence-electron chi connectivity index (χ2n) is 9.24. The summed E-state index contributed by atoms with van der Waals surface area (Å²) in [6, 6.07) is 5.98. The highest BCUT2D eigenvalue weighted by molar-refractivity contribution is 6.02. The van der Waals surface area contributed by atoms with Gasteiger partial charge in [0.2, 0.25) is 5.91 Å². The van der Waals surface area contributed by atoms with E-state index in [1.165, 1.54) is 12.1 Å². The molecule has 2 N–H and O–H groups in total. The van der Waals surface area contributed by atoms with Crippen LogP contribution in [0.5, 0.6) is 5.75 Å². The fourth-order valence-electron chi connectivity index (χ4n) is 4.53. The summed E-state index contributed by atoms with van der Waals surface area (Å²) in [5.74, 6) is -0.588. The number of ether oxygens (including phenoxy) is 1. The Morgan fingerprint density at radius 1 is 1.19 bits per heavy atom. The van der Waals surface area contributed by atoms with Crippen molar-refractivity contribution in [2.45, 2.75) is 52.2 Å². The number of halogens is 1. The topological polar surface area (TPSA) is 110 Å². The molecule has 1 aromatic carbocycles. The molecule has 4 rings (SSSR count). The van der Waals surface area contributed by atoms with Crippen molar-refractivity contribution in [1.82, 2.24) is 24.8 Å². The standard InChI is InChI=1S/C26H32FN5O4/c1-5-19-21(16-6-8-17(27)9-7-16)30-22-24(36-15(2)3)23(31(4)25(22)29-19)26(35)28-18-10-12-32(13-11-18)20(34)14-33/h6-9,15,18,33H,5,10-14H2,1-4H3,(H,28,35). The van der Waals surface area contributed by atoms with Crippen LogP contribution in [0.4, 0.5) is 4.39 Å². The number of carbonyl (C=O) groups excluding carboxylic acids is 2. The molecular formula is C26H32FN5O4. The number of amides is 2. The lowest BCUT2D eigenvalue weighted by Gasteiger charge is -2.32. The Morgan fingerprint density at radius 2 is 1.86 bits per heavy atom. The molecule has 3 aromatic rings. The summed E-state index contributed by atoms with van der Waals surface area (Å²) in [5, 5.41) is 12.2. The van der Waals surface area contributed by atoms with Gasteiger partial charge in [0.1, 0.15) is 12.4 Å². The highest BCUT2D eigenvalue weighted by Gasteiger charge is 2.30. The van der Waals surface area contributed by atoms with E-state index in [1.807, 2.05) is 20.8 Å². The lowest BCUT2D eigenvalue weighted by atomic mass is 10.0. The van der Waals surface area contributed by atoms with Gasteiger partial charge in [-0.05, 0) is 57.4 Å². The van der Waals surface area contributed by atoms with Gasteiger partial charge >= 0.3 is 0 Å². The Balaban J connectivity index is 1.72. The van der Waals surface area contributed by atoms with E-state index in [9.17, 15) is 14.0 Å². The number of rotatable bonds is 7. The van der Waals surface area contributed by atoms with Gasteiger partial charge in [0.15, 0.2) is 22.6 Å². The summed E-state index contributed by atoms with van der Waals surface area (Å²) in [7, 11) is 1.76. The molecule has 192 valence electrons. The molecule has 0 spiro atoms. The summed E-state index contributed by atoms with van der Waals surface area (Å²) in [4.78, 5) is 36.5. The second-order valence-corrected chi connectivity index (χ2v) is 9.24. The van der Waals surface area contributed by atoms with Crippen LogP contribution in [0.1, 0.15) is 49.8 Å². The van der Waals surface area contributed by atoms with E-state index in [-0.39, 0.29) is 29.8 Å². The zero-order valence-corrected chi connectivity index (χ0v) is 21.0. The number of hydrogen-bond donors (Lipinski definition) is 2. The number of fused-ring (bicyclic) bond motifs is 1. The molecule has 1 saturated heterocycles. The van der Waals surface area contributed by atoms with Gasteiger partial charge in [-0.3, -0.25) is 9.59 Å². The fraction of sp³-hybridized carbons (Fsp3) is 0.462. The van der Waals surface area contributed by atoms with Crippen LogP contribution in [0.2, 0.25) is 0 Å². The van der Waals surface area contributed by atoms with Crippen LogP contribution in [-0.2, 0) is 18.3 Å². The van der Waals surface area contributed by atoms with Gasteiger partial charge in [-0.2, -0.15) is 0 Å². The zero-order chi connectivity index (χ0) is 26.0. The first-order valence-electron chi connectivity index (χ1n) is 12.2. The SMILES string of the molecule is CCc1nc2c(nc1-c1ccc(F)cc1)c(OC(C)C)c(C(=O)NC1CCN(C(=O)CO)CC1)n2C. The maximum Gasteiger partial charge on any atom is 0.272 e. The molecule has 9 nitrogen and oxygen atoms in total. The van der Waals surface area contributed by atoms with Crippen molar-refractivity contribution in [3.63, 3.8) is 0 Å². The normalized spacial score (nSPS) is 14.5. The summed E-state index contributed by atoms with van der Waals surface area (Å²) in [6.45, 7) is 6.16. The summed E-state index contributed by atoms with van der Waals surface area (Å²) >= 11 is 0. The molecule has 36 heavy (non-hydrogen) atoms. The number of aliphatic hydroxyl groups excluding tert-OH is 1. The summed E-state index contributed by atoms with van der Waals surface area (Å²) < 4.78 is 21.3. The van der Waals surface area contributed by atoms with E-state index in [4.69, 9.17) is 19.8 Å². The molecule has 0 aliphatic carbocycles. The van der Waals surface area contributed by atoms with Gasteiger partial charge in [-0.25, -0.2) is 14.4 Å². The molecule has 1 fully saturated rings. The maximum absolute atomic E-state index is 13.5. The Kier molecular flexibility index (Phi) is 7.53. The first-order chi connectivity index (χ1) is 17.2. The van der Waals surface area contributed by atoms with E-state index in [1.54, 1.807) is 28.6 Å². The number of hydrogen-bond acceptors (Lipinski definition) is 6. The van der Waals surface area contributed by atoms with Crippen LogP contribution in [0, 0.1) is 5.82 Å². The van der Waals surface area contributed by atoms with E-state index in [0.29, 0.717) is 60.7 Å². The number of piperidine rings is 1. The Bertz CT molecular complexity index is 1260. The number of nitrogens with one attached hydrogen (secondary N) is 1. The second kappa shape index (κ2) is 10.6. The van der Waals surface area contributed by atoms with Crippen molar-refractivity contribution < 1.29 is 23.8 Å². The number of nitrogens with zero attached hydrogens (tertiary/aromatic N) is 4. The van der Waals surface area contributed by atoms with Gasteiger partial charge in [-0.1, -0.05) is 6.92 Å². The monoisotopic (exact) mass is 497 g/mol. The molecule has 1 aliphatic rings. The number of benzene rings is 1. The molecule has 0 radical (unpaired) electrons. The molecule has 0 bridgehead atoms. The van der Waals surface area contributed by atoms with Crippen LogP contribution in [0.3, 0.4) is 0 Å². The highest BCUT2D eigenvalue weighted by Crippen LogP contribution is 2.34. The first-order valence-corrected chi connectivity index (χ1v) is 12.2. The summed E-state index contributed by atoms with van der Waals surface area (Å²) in [5.41, 5.74) is 3.41. The van der Waals surface area contributed by atoms with E-state index >= 15 is 0 Å². The minimum atomic E-state index is -0.511. The smallest absolute Gasteiger partial charge is 0.272 e. The Morgan fingerprint density at radius 3 is 2.44 bits per heavy atom. The molecule has 0 atom stereocenters. The van der Waals surface area contributed by atoms with Crippen LogP contribution in [-0.4, -0.2) is 68.2 Å². The fourth-order valence-corrected chi connectivity index (χ4v) is 4.53. The van der Waals surface area contributed by atoms with Crippen molar-refractivity contribution in [3.05, 3.63) is 41.5 Å². The molecule has 2 aromatic heterocycles. The zero-order valence-electron chi connectivity index (χ0n) is 21.0. The van der Waals surface area contributed by atoms with Gasteiger partial charge in [-0.15, -0.1) is 0 Å². The lowest BCUT2D eigenvalue weighted by molar-refractivity contribution is -0.135. The minimum absolute atomic E-state index is 0.118. The molecule has 10 heteroatoms. The quantitative estimate of drug-likeness (QED) is 0.520. The van der Waals surface area contributed by atoms with E-state index < -0.39 is 6.61 Å². The minimum Gasteiger partial charge on any atom is -0.486 e. The van der Waals surface area contributed by atoms with Crippen molar-refractivity contribution in [2.24, 2.45) is 7.05 Å². The molecular weight excluding hydrogens is 465 g/mol. The van der Waals surface area contributed by atoms with Crippen LogP contribution < -0.4 is 10.1 Å². The molecule has 0 unspecified atom stereocenters. The van der Waals surface area contributed by atoms with Gasteiger partial charge < -0.3 is 24.6 Å². The third-order valence-corrected chi connectivity index (χ3v) is 6.37. The average molecular weight is 498 g/mol. The number of likely N-dealkylation sites (tertiary alicyclic amines) is 1. The van der Waals surface area contributed by atoms with Crippen molar-refractivity contribution in [2.75, 3.05) is 19.7 Å². The number of aromatic nitrogens is 3. The van der Waals surface area contributed by atoms with Crippen molar-refractivity contribution in [3.8, 4) is 17.0 Å². The van der Waals surface area contributed by atoms with Crippen LogP contribution >= 0.6 is 0 Å². The van der Waals surface area contributed by atoms with Crippen molar-refractivity contribution in [1.29, 1.82) is 0 Å². The van der Waals surface area contributed by atoms with Gasteiger partial charge in [0, 0.05) is 31.7 Å². The van der Waals surface area contributed by atoms with Crippen molar-refractivity contribution >= 4 is 23.0 Å². The third-order valence-electron chi connectivity index (χ3n) is 6.37. The lowest BCUT2D eigenvalue weighted by Crippen LogP contribution is -2.47. The maximum atomic E-state index is 13.5. The number of aryl methyl sites for hydroxylation is 2. The Labute approximate surface area is 209 Å². The van der Waals surface area contributed by atoms with Crippen LogP contribution in [0.15, 0.2) is 24.3 Å². The van der Waals surface area contributed by atoms with E-state index in [0.717, 1.165) is 11.3 Å². The molecule has 0 saturated carbocycles. The van der Waals surface area contributed by atoms with E-state index in [2.05, 4.69) is 5.32 Å². The molecule has 1 aliphatic heterocycles. The van der Waals surface area contributed by atoms with Crippen LogP contribution in [0.25, 0.3) is 22.4 Å². The number of carbonyl (C=O) groups is 2. The van der Waals surface area contributed by atoms with Gasteiger partial charge in [0.25, 0.3) is 5.91 Å². The first kappa shape index (κ1) is 25.6. The average Bonchev–Trinajstić information content (AvgIpc) is 3.13. The Hall–Kier alpha value is -3.53. The summed E-state index contributed by atoms with van der Waals surface area (Å²) in [6.07, 6.45) is 1.57. The molecule has 2 amide bonds. The number of aliphatic hydroxyl groups is 1. The third kappa shape index (κ3) is 5.04. The molecule has 3 heterocycles. The van der Waals surface area contributed by atoms with Gasteiger partial charge in [0.05, 0.1) is 17.5 Å². The highest BCUT2D eigenvalue weighted by atomic mass is 19.1. The predicted molar refractivity (Wildman–Crippen MR) is 133 cm³/mol. The largest absolute Gasteiger partial charge is 0.486 e. The predicted octanol–water partition coefficient (Wildman–Crippen LogP) is 2.84.